The Labute approximate surface area is 99.7 Å². The van der Waals surface area contributed by atoms with Crippen LogP contribution in [-0.2, 0) is 4.74 Å². The Kier molecular flexibility index (Phi) is 2.71. The third kappa shape index (κ3) is 1.51. The minimum atomic E-state index is -0.500. The van der Waals surface area contributed by atoms with Crippen molar-refractivity contribution in [3.8, 4) is 0 Å². The molecule has 2 aromatic rings. The zero-order valence-electron chi connectivity index (χ0n) is 8.73. The number of H-pyrrole nitrogens is 1. The lowest BCUT2D eigenvalue weighted by molar-refractivity contribution is 0.0594. The number of aromatic amines is 1. The molecule has 0 radical (unpaired) electrons. The normalized spacial score (nSPS) is 10.8. The molecule has 16 heavy (non-hydrogen) atoms. The number of fused-ring (bicyclic) bond motifs is 1. The van der Waals surface area contributed by atoms with Gasteiger partial charge < -0.3 is 9.72 Å². The molecular formula is C11H9BrFNO2. The molecule has 1 aromatic carbocycles. The quantitative estimate of drug-likeness (QED) is 0.818. The van der Waals surface area contributed by atoms with E-state index in [4.69, 9.17) is 0 Å². The number of esters is 1. The number of carbonyl (C=O) groups excluding carboxylic acids is 1. The van der Waals surface area contributed by atoms with E-state index in [0.29, 0.717) is 16.5 Å². The molecule has 0 saturated carbocycles. The second kappa shape index (κ2) is 3.90. The van der Waals surface area contributed by atoms with Gasteiger partial charge in [0.15, 0.2) is 0 Å². The van der Waals surface area contributed by atoms with E-state index >= 15 is 0 Å². The van der Waals surface area contributed by atoms with Crippen LogP contribution in [0.3, 0.4) is 0 Å². The van der Waals surface area contributed by atoms with Gasteiger partial charge in [-0.05, 0) is 24.6 Å². The van der Waals surface area contributed by atoms with Crippen LogP contribution in [0.4, 0.5) is 4.39 Å². The number of halogens is 2. The smallest absolute Gasteiger partial charge is 0.354 e. The van der Waals surface area contributed by atoms with Gasteiger partial charge >= 0.3 is 5.97 Å². The Balaban J connectivity index is 2.82. The molecular weight excluding hydrogens is 277 g/mol. The molecule has 0 amide bonds. The minimum Gasteiger partial charge on any atom is -0.464 e. The van der Waals surface area contributed by atoms with E-state index in [1.54, 1.807) is 13.0 Å². The summed E-state index contributed by atoms with van der Waals surface area (Å²) in [5, 5.41) is 0.667. The third-order valence-corrected chi connectivity index (χ3v) is 3.15. The molecule has 1 aromatic heterocycles. The Hall–Kier alpha value is -1.36. The van der Waals surface area contributed by atoms with Gasteiger partial charge in [-0.25, -0.2) is 9.18 Å². The maximum Gasteiger partial charge on any atom is 0.354 e. The van der Waals surface area contributed by atoms with Crippen LogP contribution in [0.5, 0.6) is 0 Å². The highest BCUT2D eigenvalue weighted by molar-refractivity contribution is 9.10. The number of hydrogen-bond donors (Lipinski definition) is 1. The Bertz CT molecular complexity index is 577. The molecule has 1 N–H and O–H groups in total. The summed E-state index contributed by atoms with van der Waals surface area (Å²) in [5.74, 6) is -0.892. The summed E-state index contributed by atoms with van der Waals surface area (Å²) in [4.78, 5) is 14.2. The van der Waals surface area contributed by atoms with Crippen molar-refractivity contribution in [3.63, 3.8) is 0 Å². The molecule has 0 fully saturated rings. The third-order valence-electron chi connectivity index (χ3n) is 2.49. The highest BCUT2D eigenvalue weighted by Crippen LogP contribution is 2.31. The van der Waals surface area contributed by atoms with Crippen LogP contribution in [0.15, 0.2) is 16.6 Å². The number of hydrogen-bond acceptors (Lipinski definition) is 2. The number of aryl methyl sites for hydroxylation is 1. The second-order valence-corrected chi connectivity index (χ2v) is 4.25. The van der Waals surface area contributed by atoms with Crippen molar-refractivity contribution in [2.45, 2.75) is 6.92 Å². The SMILES string of the molecule is COC(=O)c1[nH]c2c(F)ccc(Br)c2c1C. The maximum atomic E-state index is 13.5. The van der Waals surface area contributed by atoms with Gasteiger partial charge in [-0.15, -0.1) is 0 Å². The topological polar surface area (TPSA) is 42.1 Å². The van der Waals surface area contributed by atoms with Crippen molar-refractivity contribution < 1.29 is 13.9 Å². The van der Waals surface area contributed by atoms with Crippen LogP contribution in [-0.4, -0.2) is 18.1 Å². The number of benzene rings is 1. The standard InChI is InChI=1S/C11H9BrFNO2/c1-5-8-6(12)3-4-7(13)10(8)14-9(5)11(15)16-2/h3-4,14H,1-2H3. The molecule has 0 saturated heterocycles. The first kappa shape index (κ1) is 11.1. The largest absolute Gasteiger partial charge is 0.464 e. The Morgan fingerprint density at radius 3 is 2.75 bits per heavy atom. The molecule has 84 valence electrons. The van der Waals surface area contributed by atoms with E-state index in [2.05, 4.69) is 25.7 Å². The lowest BCUT2D eigenvalue weighted by atomic mass is 10.1. The van der Waals surface area contributed by atoms with Gasteiger partial charge in [0.25, 0.3) is 0 Å². The Morgan fingerprint density at radius 2 is 2.19 bits per heavy atom. The van der Waals surface area contributed by atoms with E-state index in [1.807, 2.05) is 0 Å². The van der Waals surface area contributed by atoms with Gasteiger partial charge in [0, 0.05) is 9.86 Å². The summed E-state index contributed by atoms with van der Waals surface area (Å²) in [6, 6.07) is 2.95. The summed E-state index contributed by atoms with van der Waals surface area (Å²) < 4.78 is 18.9. The molecule has 3 nitrogen and oxygen atoms in total. The highest BCUT2D eigenvalue weighted by atomic mass is 79.9. The molecule has 0 aliphatic carbocycles. The fourth-order valence-corrected chi connectivity index (χ4v) is 2.32. The molecule has 0 atom stereocenters. The van der Waals surface area contributed by atoms with E-state index in [1.165, 1.54) is 13.2 Å². The summed E-state index contributed by atoms with van der Waals surface area (Å²) in [6.07, 6.45) is 0. The fraction of sp³-hybridized carbons (Fsp3) is 0.182. The summed E-state index contributed by atoms with van der Waals surface area (Å²) in [7, 11) is 1.29. The van der Waals surface area contributed by atoms with Crippen molar-refractivity contribution >= 4 is 32.8 Å². The fourth-order valence-electron chi connectivity index (χ4n) is 1.69. The molecule has 0 unspecified atom stereocenters. The number of ether oxygens (including phenoxy) is 1. The molecule has 0 aliphatic heterocycles. The first-order valence-electron chi connectivity index (χ1n) is 4.61. The van der Waals surface area contributed by atoms with Crippen LogP contribution in [0, 0.1) is 12.7 Å². The highest BCUT2D eigenvalue weighted by Gasteiger charge is 2.18. The average molecular weight is 286 g/mol. The zero-order chi connectivity index (χ0) is 11.9. The van der Waals surface area contributed by atoms with E-state index < -0.39 is 11.8 Å². The zero-order valence-corrected chi connectivity index (χ0v) is 10.3. The predicted octanol–water partition coefficient (Wildman–Crippen LogP) is 3.16. The molecule has 2 rings (SSSR count). The number of methoxy groups -OCH3 is 1. The molecule has 0 bridgehead atoms. The molecule has 1 heterocycles. The van der Waals surface area contributed by atoms with Crippen molar-refractivity contribution in [2.75, 3.05) is 7.11 Å². The number of rotatable bonds is 1. The Morgan fingerprint density at radius 1 is 1.50 bits per heavy atom. The van der Waals surface area contributed by atoms with Crippen LogP contribution < -0.4 is 0 Å². The van der Waals surface area contributed by atoms with Crippen LogP contribution >= 0.6 is 15.9 Å². The monoisotopic (exact) mass is 285 g/mol. The second-order valence-electron chi connectivity index (χ2n) is 3.40. The van der Waals surface area contributed by atoms with Crippen LogP contribution in [0.2, 0.25) is 0 Å². The molecule has 0 aliphatic rings. The van der Waals surface area contributed by atoms with Gasteiger partial charge in [-0.2, -0.15) is 0 Å². The number of carbonyl (C=O) groups is 1. The number of nitrogens with one attached hydrogen (secondary N) is 1. The van der Waals surface area contributed by atoms with Crippen LogP contribution in [0.1, 0.15) is 16.1 Å². The van der Waals surface area contributed by atoms with E-state index in [0.717, 1.165) is 4.47 Å². The maximum absolute atomic E-state index is 13.5. The van der Waals surface area contributed by atoms with Gasteiger partial charge in [-0.3, -0.25) is 0 Å². The summed E-state index contributed by atoms with van der Waals surface area (Å²) in [5.41, 5.74) is 1.27. The number of aromatic nitrogens is 1. The van der Waals surface area contributed by atoms with Crippen molar-refractivity contribution in [1.29, 1.82) is 0 Å². The van der Waals surface area contributed by atoms with Crippen molar-refractivity contribution in [1.82, 2.24) is 4.98 Å². The van der Waals surface area contributed by atoms with E-state index in [9.17, 15) is 9.18 Å². The van der Waals surface area contributed by atoms with Gasteiger partial charge in [-0.1, -0.05) is 15.9 Å². The molecule has 0 spiro atoms. The average Bonchev–Trinajstić information content (AvgIpc) is 2.62. The minimum absolute atomic E-state index is 0.281. The summed E-state index contributed by atoms with van der Waals surface area (Å²) in [6.45, 7) is 1.75. The van der Waals surface area contributed by atoms with Crippen LogP contribution in [0.25, 0.3) is 10.9 Å². The predicted molar refractivity (Wildman–Crippen MR) is 62.0 cm³/mol. The van der Waals surface area contributed by atoms with Gasteiger partial charge in [0.2, 0.25) is 0 Å². The lowest BCUT2D eigenvalue weighted by Crippen LogP contribution is -2.03. The first-order chi connectivity index (χ1) is 7.56. The van der Waals surface area contributed by atoms with E-state index in [-0.39, 0.29) is 5.69 Å². The van der Waals surface area contributed by atoms with Crippen molar-refractivity contribution in [2.24, 2.45) is 0 Å². The van der Waals surface area contributed by atoms with Gasteiger partial charge in [0.1, 0.15) is 11.5 Å². The van der Waals surface area contributed by atoms with Crippen molar-refractivity contribution in [3.05, 3.63) is 33.7 Å². The summed E-state index contributed by atoms with van der Waals surface area (Å²) >= 11 is 3.33. The first-order valence-corrected chi connectivity index (χ1v) is 5.40. The van der Waals surface area contributed by atoms with Gasteiger partial charge in [0.05, 0.1) is 12.6 Å². The lowest BCUT2D eigenvalue weighted by Gasteiger charge is -1.97. The molecule has 5 heteroatoms.